The number of nitrogens with zero attached hydrogens (tertiary/aromatic N) is 1. The number of carboxylic acid groups (broad SMARTS) is 1. The van der Waals surface area contributed by atoms with Gasteiger partial charge in [0.05, 0.1) is 0 Å². The molecule has 0 amide bonds. The van der Waals surface area contributed by atoms with Crippen molar-refractivity contribution < 1.29 is 9.90 Å². The van der Waals surface area contributed by atoms with E-state index in [4.69, 9.17) is 0 Å². The number of halogens is 1. The number of H-pyrrole nitrogens is 1. The molecule has 1 aliphatic carbocycles. The van der Waals surface area contributed by atoms with E-state index in [0.29, 0.717) is 0 Å². The highest BCUT2D eigenvalue weighted by Crippen LogP contribution is 2.38. The Hall–Kier alpha value is -1.62. The Bertz CT molecular complexity index is 636. The third-order valence-electron chi connectivity index (χ3n) is 3.60. The lowest BCUT2D eigenvalue weighted by molar-refractivity contribution is 0.0688. The summed E-state index contributed by atoms with van der Waals surface area (Å²) in [4.78, 5) is 11.3. The zero-order valence-corrected chi connectivity index (χ0v) is 11.8. The summed E-state index contributed by atoms with van der Waals surface area (Å²) in [6.45, 7) is 0. The van der Waals surface area contributed by atoms with Gasteiger partial charge in [-0.3, -0.25) is 5.10 Å². The van der Waals surface area contributed by atoms with E-state index in [1.54, 1.807) is 0 Å². The van der Waals surface area contributed by atoms with Gasteiger partial charge in [0.15, 0.2) is 5.69 Å². The molecule has 0 saturated carbocycles. The van der Waals surface area contributed by atoms with Gasteiger partial charge in [-0.2, -0.15) is 5.10 Å². The van der Waals surface area contributed by atoms with Crippen molar-refractivity contribution >= 4 is 21.9 Å². The van der Waals surface area contributed by atoms with Crippen LogP contribution >= 0.6 is 15.9 Å². The van der Waals surface area contributed by atoms with E-state index in [2.05, 4.69) is 32.2 Å². The van der Waals surface area contributed by atoms with Gasteiger partial charge < -0.3 is 5.11 Å². The zero-order chi connectivity index (χ0) is 13.4. The van der Waals surface area contributed by atoms with Gasteiger partial charge in [-0.15, -0.1) is 0 Å². The van der Waals surface area contributed by atoms with Crippen LogP contribution in [0, 0.1) is 0 Å². The van der Waals surface area contributed by atoms with Gasteiger partial charge >= 0.3 is 5.97 Å². The van der Waals surface area contributed by atoms with Gasteiger partial charge in [-0.05, 0) is 37.0 Å². The van der Waals surface area contributed by atoms with Crippen molar-refractivity contribution in [2.24, 2.45) is 0 Å². The first-order valence-electron chi connectivity index (χ1n) is 6.22. The summed E-state index contributed by atoms with van der Waals surface area (Å²) in [7, 11) is 0. The van der Waals surface area contributed by atoms with Crippen molar-refractivity contribution in [3.8, 4) is 0 Å². The molecule has 5 heteroatoms. The van der Waals surface area contributed by atoms with E-state index in [9.17, 15) is 9.90 Å². The van der Waals surface area contributed by atoms with Gasteiger partial charge in [-0.1, -0.05) is 28.1 Å². The molecule has 1 atom stereocenters. The molecule has 1 aromatic carbocycles. The Morgan fingerprint density at radius 3 is 3.05 bits per heavy atom. The van der Waals surface area contributed by atoms with Gasteiger partial charge in [0.1, 0.15) is 0 Å². The molecule has 2 N–H and O–H groups in total. The molecule has 0 radical (unpaired) electrons. The fraction of sp³-hybridized carbons (Fsp3) is 0.286. The van der Waals surface area contributed by atoms with E-state index in [0.717, 1.165) is 40.6 Å². The summed E-state index contributed by atoms with van der Waals surface area (Å²) in [5, 5.41) is 16.1. The number of rotatable bonds is 2. The van der Waals surface area contributed by atoms with E-state index in [-0.39, 0.29) is 11.6 Å². The quantitative estimate of drug-likeness (QED) is 0.891. The molecule has 4 nitrogen and oxygen atoms in total. The van der Waals surface area contributed by atoms with E-state index >= 15 is 0 Å². The number of aromatic carboxylic acids is 1. The van der Waals surface area contributed by atoms with Gasteiger partial charge in [0, 0.05) is 21.6 Å². The minimum Gasteiger partial charge on any atom is -0.476 e. The normalized spacial score (nSPS) is 18.1. The van der Waals surface area contributed by atoms with Crippen molar-refractivity contribution in [2.75, 3.05) is 0 Å². The molecule has 1 unspecified atom stereocenters. The van der Waals surface area contributed by atoms with Gasteiger partial charge in [0.2, 0.25) is 0 Å². The van der Waals surface area contributed by atoms with Crippen LogP contribution in [-0.2, 0) is 6.42 Å². The highest BCUT2D eigenvalue weighted by molar-refractivity contribution is 9.10. The maximum absolute atomic E-state index is 11.3. The molecule has 0 aliphatic heterocycles. The highest BCUT2D eigenvalue weighted by atomic mass is 79.9. The number of hydrogen-bond donors (Lipinski definition) is 2. The fourth-order valence-electron chi connectivity index (χ4n) is 2.80. The fourth-order valence-corrected chi connectivity index (χ4v) is 3.22. The molecule has 0 bridgehead atoms. The third-order valence-corrected chi connectivity index (χ3v) is 4.10. The van der Waals surface area contributed by atoms with Crippen molar-refractivity contribution in [3.05, 3.63) is 51.3 Å². The predicted molar refractivity (Wildman–Crippen MR) is 74.5 cm³/mol. The van der Waals surface area contributed by atoms with Crippen molar-refractivity contribution in [1.82, 2.24) is 10.2 Å². The number of carboxylic acids is 1. The Labute approximate surface area is 119 Å². The topological polar surface area (TPSA) is 66.0 Å². The molecule has 1 aromatic heterocycles. The smallest absolute Gasteiger partial charge is 0.356 e. The average Bonchev–Trinajstić information content (AvgIpc) is 2.82. The lowest BCUT2D eigenvalue weighted by Crippen LogP contribution is -2.13. The molecule has 1 heterocycles. The molecule has 0 spiro atoms. The van der Waals surface area contributed by atoms with Crippen LogP contribution in [0.1, 0.15) is 46.1 Å². The Balaban J connectivity index is 2.11. The van der Waals surface area contributed by atoms with E-state index in [1.165, 1.54) is 0 Å². The first kappa shape index (κ1) is 12.4. The van der Waals surface area contributed by atoms with E-state index < -0.39 is 5.97 Å². The Morgan fingerprint density at radius 1 is 1.47 bits per heavy atom. The minimum absolute atomic E-state index is 0.117. The summed E-state index contributed by atoms with van der Waals surface area (Å²) >= 11 is 3.47. The van der Waals surface area contributed by atoms with Crippen LogP contribution in [0.3, 0.4) is 0 Å². The number of nitrogens with one attached hydrogen (secondary N) is 1. The molecular formula is C14H13BrN2O2. The zero-order valence-electron chi connectivity index (χ0n) is 10.2. The standard InChI is InChI=1S/C14H13BrN2O2/c15-9-4-1-3-8(7-9)10-5-2-6-11-12(10)13(14(18)19)17-16-11/h1,3-4,7,10H,2,5-6H2,(H,16,17)(H,18,19). The number of fused-ring (bicyclic) bond motifs is 1. The van der Waals surface area contributed by atoms with Crippen LogP contribution in [0.4, 0.5) is 0 Å². The van der Waals surface area contributed by atoms with Crippen molar-refractivity contribution in [3.63, 3.8) is 0 Å². The molecule has 0 saturated heterocycles. The number of aromatic amines is 1. The maximum atomic E-state index is 11.3. The largest absolute Gasteiger partial charge is 0.476 e. The lowest BCUT2D eigenvalue weighted by atomic mass is 9.81. The molecule has 2 aromatic rings. The van der Waals surface area contributed by atoms with Gasteiger partial charge in [-0.25, -0.2) is 4.79 Å². The third kappa shape index (κ3) is 2.18. The second kappa shape index (κ2) is 4.81. The maximum Gasteiger partial charge on any atom is 0.356 e. The van der Waals surface area contributed by atoms with Gasteiger partial charge in [0.25, 0.3) is 0 Å². The number of carbonyl (C=O) groups is 1. The molecule has 1 aliphatic rings. The summed E-state index contributed by atoms with van der Waals surface area (Å²) in [6.07, 6.45) is 2.88. The number of aryl methyl sites for hydroxylation is 1. The van der Waals surface area contributed by atoms with Crippen LogP contribution in [0.5, 0.6) is 0 Å². The molecule has 3 rings (SSSR count). The van der Waals surface area contributed by atoms with Crippen LogP contribution < -0.4 is 0 Å². The first-order chi connectivity index (χ1) is 9.16. The molecule has 98 valence electrons. The second-order valence-corrected chi connectivity index (χ2v) is 5.69. The Kier molecular flexibility index (Phi) is 3.14. The summed E-state index contributed by atoms with van der Waals surface area (Å²) < 4.78 is 1.01. The lowest BCUT2D eigenvalue weighted by Gasteiger charge is -2.23. The molecular weight excluding hydrogens is 308 g/mol. The van der Waals surface area contributed by atoms with Crippen LogP contribution in [-0.4, -0.2) is 21.3 Å². The van der Waals surface area contributed by atoms with Crippen LogP contribution in [0.2, 0.25) is 0 Å². The number of aromatic nitrogens is 2. The summed E-state index contributed by atoms with van der Waals surface area (Å²) in [6, 6.07) is 8.05. The average molecular weight is 321 g/mol. The molecule has 19 heavy (non-hydrogen) atoms. The number of benzene rings is 1. The monoisotopic (exact) mass is 320 g/mol. The predicted octanol–water partition coefficient (Wildman–Crippen LogP) is 3.34. The molecule has 0 fully saturated rings. The van der Waals surface area contributed by atoms with Crippen molar-refractivity contribution in [1.29, 1.82) is 0 Å². The summed E-state index contributed by atoms with van der Waals surface area (Å²) in [5.74, 6) is -0.842. The Morgan fingerprint density at radius 2 is 2.32 bits per heavy atom. The van der Waals surface area contributed by atoms with Crippen LogP contribution in [0.15, 0.2) is 28.7 Å². The van der Waals surface area contributed by atoms with Crippen molar-refractivity contribution in [2.45, 2.75) is 25.2 Å². The second-order valence-electron chi connectivity index (χ2n) is 4.77. The number of hydrogen-bond acceptors (Lipinski definition) is 2. The van der Waals surface area contributed by atoms with Crippen LogP contribution in [0.25, 0.3) is 0 Å². The first-order valence-corrected chi connectivity index (χ1v) is 7.02. The highest BCUT2D eigenvalue weighted by Gasteiger charge is 2.30. The van der Waals surface area contributed by atoms with E-state index in [1.807, 2.05) is 18.2 Å². The SMILES string of the molecule is O=C(O)c1n[nH]c2c1C(c1cccc(Br)c1)CCC2. The summed E-state index contributed by atoms with van der Waals surface area (Å²) in [5.41, 5.74) is 3.13. The minimum atomic E-state index is -0.959.